The fraction of sp³-hybridized carbons (Fsp3) is 0.143. The molecule has 2 rings (SSSR count). The van der Waals surface area contributed by atoms with Gasteiger partial charge in [-0.25, -0.2) is 4.39 Å². The van der Waals surface area contributed by atoms with Gasteiger partial charge >= 0.3 is 0 Å². The van der Waals surface area contributed by atoms with Gasteiger partial charge in [-0.15, -0.1) is 0 Å². The minimum absolute atomic E-state index is 0.0573. The summed E-state index contributed by atoms with van der Waals surface area (Å²) in [4.78, 5) is 0. The van der Waals surface area contributed by atoms with Gasteiger partial charge in [-0.05, 0) is 25.1 Å². The third-order valence-corrected chi connectivity index (χ3v) is 2.61. The Morgan fingerprint density at radius 3 is 2.47 bits per heavy atom. The molecule has 1 atom stereocenters. The highest BCUT2D eigenvalue weighted by atomic mass is 19.1. The monoisotopic (exact) mass is 231 g/mol. The first-order valence-electron chi connectivity index (χ1n) is 5.47. The number of aromatic hydroxyl groups is 1. The van der Waals surface area contributed by atoms with Crippen LogP contribution in [-0.2, 0) is 0 Å². The second-order valence-electron chi connectivity index (χ2n) is 3.94. The average molecular weight is 231 g/mol. The standard InChI is InChI=1S/C14H14FNO/c1-10(16-11-5-3-2-4-6-11)13-8-7-12(17)9-14(13)15/h2-10,16-17H,1H3. The average Bonchev–Trinajstić information content (AvgIpc) is 2.30. The summed E-state index contributed by atoms with van der Waals surface area (Å²) in [5.41, 5.74) is 1.47. The first-order valence-corrected chi connectivity index (χ1v) is 5.47. The number of phenolic OH excluding ortho intramolecular Hbond substituents is 1. The Hall–Kier alpha value is -2.03. The molecular weight excluding hydrogens is 217 g/mol. The van der Waals surface area contributed by atoms with Crippen molar-refractivity contribution in [2.45, 2.75) is 13.0 Å². The van der Waals surface area contributed by atoms with E-state index in [1.807, 2.05) is 37.3 Å². The van der Waals surface area contributed by atoms with Crippen molar-refractivity contribution in [3.8, 4) is 5.75 Å². The molecule has 2 nitrogen and oxygen atoms in total. The molecular formula is C14H14FNO. The predicted molar refractivity (Wildman–Crippen MR) is 66.5 cm³/mol. The smallest absolute Gasteiger partial charge is 0.132 e. The summed E-state index contributed by atoms with van der Waals surface area (Å²) in [6, 6.07) is 13.7. The lowest BCUT2D eigenvalue weighted by Gasteiger charge is -2.16. The van der Waals surface area contributed by atoms with E-state index in [2.05, 4.69) is 5.32 Å². The Labute approximate surface area is 99.7 Å². The van der Waals surface area contributed by atoms with Crippen molar-refractivity contribution in [2.24, 2.45) is 0 Å². The zero-order valence-corrected chi connectivity index (χ0v) is 9.52. The molecule has 0 aliphatic heterocycles. The van der Waals surface area contributed by atoms with Gasteiger partial charge in [0, 0.05) is 17.3 Å². The second-order valence-corrected chi connectivity index (χ2v) is 3.94. The van der Waals surface area contributed by atoms with Gasteiger partial charge in [-0.3, -0.25) is 0 Å². The largest absolute Gasteiger partial charge is 0.508 e. The first-order chi connectivity index (χ1) is 8.16. The Bertz CT molecular complexity index is 499. The van der Waals surface area contributed by atoms with Crippen molar-refractivity contribution in [1.29, 1.82) is 0 Å². The van der Waals surface area contributed by atoms with E-state index < -0.39 is 5.82 Å². The molecule has 2 N–H and O–H groups in total. The highest BCUT2D eigenvalue weighted by molar-refractivity contribution is 5.45. The van der Waals surface area contributed by atoms with E-state index in [9.17, 15) is 4.39 Å². The van der Waals surface area contributed by atoms with Crippen molar-refractivity contribution >= 4 is 5.69 Å². The lowest BCUT2D eigenvalue weighted by molar-refractivity contribution is 0.467. The molecule has 0 aliphatic rings. The van der Waals surface area contributed by atoms with Crippen LogP contribution in [0.15, 0.2) is 48.5 Å². The van der Waals surface area contributed by atoms with Gasteiger partial charge in [0.15, 0.2) is 0 Å². The van der Waals surface area contributed by atoms with E-state index >= 15 is 0 Å². The van der Waals surface area contributed by atoms with E-state index in [0.717, 1.165) is 11.8 Å². The van der Waals surface area contributed by atoms with Crippen molar-refractivity contribution in [3.05, 3.63) is 59.9 Å². The number of phenols is 1. The quantitative estimate of drug-likeness (QED) is 0.844. The van der Waals surface area contributed by atoms with Crippen molar-refractivity contribution in [1.82, 2.24) is 0 Å². The molecule has 0 aliphatic carbocycles. The second kappa shape index (κ2) is 4.87. The number of hydrogen-bond acceptors (Lipinski definition) is 2. The van der Waals surface area contributed by atoms with Crippen LogP contribution in [0, 0.1) is 5.82 Å². The zero-order chi connectivity index (χ0) is 12.3. The third-order valence-electron chi connectivity index (χ3n) is 2.61. The topological polar surface area (TPSA) is 32.3 Å². The molecule has 0 saturated heterocycles. The molecule has 1 unspecified atom stereocenters. The highest BCUT2D eigenvalue weighted by Crippen LogP contribution is 2.24. The summed E-state index contributed by atoms with van der Waals surface area (Å²) in [7, 11) is 0. The van der Waals surface area contributed by atoms with Gasteiger partial charge in [0.25, 0.3) is 0 Å². The van der Waals surface area contributed by atoms with Crippen LogP contribution < -0.4 is 5.32 Å². The van der Waals surface area contributed by atoms with E-state index in [-0.39, 0.29) is 11.8 Å². The van der Waals surface area contributed by atoms with Gasteiger partial charge in [0.05, 0.1) is 6.04 Å². The minimum atomic E-state index is -0.402. The number of anilines is 1. The van der Waals surface area contributed by atoms with E-state index in [1.165, 1.54) is 6.07 Å². The van der Waals surface area contributed by atoms with Gasteiger partial charge in [0.1, 0.15) is 11.6 Å². The fourth-order valence-corrected chi connectivity index (χ4v) is 1.73. The molecule has 0 aromatic heterocycles. The van der Waals surface area contributed by atoms with Crippen LogP contribution in [0.5, 0.6) is 5.75 Å². The van der Waals surface area contributed by atoms with Crippen molar-refractivity contribution in [3.63, 3.8) is 0 Å². The summed E-state index contributed by atoms with van der Waals surface area (Å²) in [5, 5.41) is 12.3. The predicted octanol–water partition coefficient (Wildman–Crippen LogP) is 3.70. The molecule has 0 radical (unpaired) electrons. The van der Waals surface area contributed by atoms with E-state index in [1.54, 1.807) is 6.07 Å². The van der Waals surface area contributed by atoms with Crippen molar-refractivity contribution in [2.75, 3.05) is 5.32 Å². The maximum Gasteiger partial charge on any atom is 0.132 e. The molecule has 2 aromatic rings. The molecule has 88 valence electrons. The minimum Gasteiger partial charge on any atom is -0.508 e. The fourth-order valence-electron chi connectivity index (χ4n) is 1.73. The number of para-hydroxylation sites is 1. The number of benzene rings is 2. The molecule has 17 heavy (non-hydrogen) atoms. The lowest BCUT2D eigenvalue weighted by Crippen LogP contribution is -2.08. The molecule has 3 heteroatoms. The maximum atomic E-state index is 13.6. The Balaban J connectivity index is 2.17. The Kier molecular flexibility index (Phi) is 3.28. The van der Waals surface area contributed by atoms with E-state index in [0.29, 0.717) is 5.56 Å². The molecule has 0 saturated carbocycles. The zero-order valence-electron chi connectivity index (χ0n) is 9.52. The summed E-state index contributed by atoms with van der Waals surface area (Å²) in [6.07, 6.45) is 0. The number of hydrogen-bond donors (Lipinski definition) is 2. The van der Waals surface area contributed by atoms with Gasteiger partial charge in [0.2, 0.25) is 0 Å². The molecule has 0 bridgehead atoms. The van der Waals surface area contributed by atoms with Crippen LogP contribution in [0.1, 0.15) is 18.5 Å². The van der Waals surface area contributed by atoms with Crippen LogP contribution in [0.2, 0.25) is 0 Å². The highest BCUT2D eigenvalue weighted by Gasteiger charge is 2.10. The molecule has 0 spiro atoms. The molecule has 0 heterocycles. The Morgan fingerprint density at radius 1 is 1.12 bits per heavy atom. The van der Waals surface area contributed by atoms with Gasteiger partial charge < -0.3 is 10.4 Å². The summed E-state index contributed by atoms with van der Waals surface area (Å²) in [5.74, 6) is -0.459. The summed E-state index contributed by atoms with van der Waals surface area (Å²) in [6.45, 7) is 1.88. The first kappa shape index (κ1) is 11.5. The van der Waals surface area contributed by atoms with Crippen molar-refractivity contribution < 1.29 is 9.50 Å². The van der Waals surface area contributed by atoms with Crippen LogP contribution in [0.4, 0.5) is 10.1 Å². The lowest BCUT2D eigenvalue weighted by atomic mass is 10.1. The number of halogens is 1. The normalized spacial score (nSPS) is 12.1. The SMILES string of the molecule is CC(Nc1ccccc1)c1ccc(O)cc1F. The number of nitrogens with one attached hydrogen (secondary N) is 1. The van der Waals surface area contributed by atoms with Crippen LogP contribution in [-0.4, -0.2) is 5.11 Å². The van der Waals surface area contributed by atoms with Crippen LogP contribution in [0.25, 0.3) is 0 Å². The molecule has 2 aromatic carbocycles. The number of rotatable bonds is 3. The summed E-state index contributed by atoms with van der Waals surface area (Å²) < 4.78 is 13.6. The van der Waals surface area contributed by atoms with E-state index in [4.69, 9.17) is 5.11 Å². The third kappa shape index (κ3) is 2.75. The van der Waals surface area contributed by atoms with Gasteiger partial charge in [-0.2, -0.15) is 0 Å². The maximum absolute atomic E-state index is 13.6. The molecule has 0 amide bonds. The van der Waals surface area contributed by atoms with Gasteiger partial charge in [-0.1, -0.05) is 24.3 Å². The van der Waals surface area contributed by atoms with Crippen LogP contribution >= 0.6 is 0 Å². The Morgan fingerprint density at radius 2 is 1.82 bits per heavy atom. The summed E-state index contributed by atoms with van der Waals surface area (Å²) >= 11 is 0. The molecule has 0 fully saturated rings. The van der Waals surface area contributed by atoms with Crippen LogP contribution in [0.3, 0.4) is 0 Å².